The summed E-state index contributed by atoms with van der Waals surface area (Å²) < 4.78 is 55.8. The highest BCUT2D eigenvalue weighted by Crippen LogP contribution is 2.30. The van der Waals surface area contributed by atoms with Gasteiger partial charge in [0.1, 0.15) is 10.6 Å². The van der Waals surface area contributed by atoms with Gasteiger partial charge in [0, 0.05) is 18.7 Å². The van der Waals surface area contributed by atoms with Gasteiger partial charge in [-0.1, -0.05) is 23.3 Å². The van der Waals surface area contributed by atoms with E-state index >= 15 is 0 Å². The summed E-state index contributed by atoms with van der Waals surface area (Å²) >= 11 is 0. The van der Waals surface area contributed by atoms with E-state index in [1.807, 2.05) is 20.8 Å². The Balaban J connectivity index is 2.37. The SMILES string of the molecule is CC(C)=CCC/C(C)=C/CC1=C(NCCS(=O)(=O)O)C(=O)C2=C(NCCS2(=O)=O)C1=O. The van der Waals surface area contributed by atoms with Crippen molar-refractivity contribution < 1.29 is 31.0 Å². The molecule has 2 aliphatic rings. The van der Waals surface area contributed by atoms with Gasteiger partial charge in [0.15, 0.2) is 9.84 Å². The van der Waals surface area contributed by atoms with Gasteiger partial charge in [0.2, 0.25) is 11.6 Å². The smallest absolute Gasteiger partial charge is 0.266 e. The third kappa shape index (κ3) is 6.62. The first-order chi connectivity index (χ1) is 14.3. The second-order valence-electron chi connectivity index (χ2n) is 7.75. The number of hydrogen-bond donors (Lipinski definition) is 3. The van der Waals surface area contributed by atoms with E-state index in [-0.39, 0.29) is 42.2 Å². The fourth-order valence-electron chi connectivity index (χ4n) is 3.26. The zero-order chi connectivity index (χ0) is 23.4. The summed E-state index contributed by atoms with van der Waals surface area (Å²) in [5.41, 5.74) is 1.77. The van der Waals surface area contributed by atoms with E-state index in [0.717, 1.165) is 18.4 Å². The van der Waals surface area contributed by atoms with Crippen molar-refractivity contribution in [3.63, 3.8) is 0 Å². The lowest BCUT2D eigenvalue weighted by Crippen LogP contribution is -2.44. The van der Waals surface area contributed by atoms with Crippen LogP contribution in [0.1, 0.15) is 40.0 Å². The van der Waals surface area contributed by atoms with E-state index in [4.69, 9.17) is 4.55 Å². The van der Waals surface area contributed by atoms with Gasteiger partial charge in [0.25, 0.3) is 10.1 Å². The molecule has 11 heteroatoms. The number of allylic oxidation sites excluding steroid dienone is 6. The Morgan fingerprint density at radius 1 is 1.16 bits per heavy atom. The molecule has 0 atom stereocenters. The van der Waals surface area contributed by atoms with E-state index in [2.05, 4.69) is 16.7 Å². The Bertz CT molecular complexity index is 1100. The molecular formula is C20H28N2O7S2. The minimum atomic E-state index is -4.30. The summed E-state index contributed by atoms with van der Waals surface area (Å²) in [7, 11) is -8.25. The number of carbonyl (C=O) groups is 2. The minimum Gasteiger partial charge on any atom is -0.380 e. The lowest BCUT2D eigenvalue weighted by atomic mass is 9.93. The van der Waals surface area contributed by atoms with Gasteiger partial charge in [-0.05, 0) is 40.0 Å². The largest absolute Gasteiger partial charge is 0.380 e. The Morgan fingerprint density at radius 2 is 1.84 bits per heavy atom. The van der Waals surface area contributed by atoms with E-state index < -0.39 is 42.2 Å². The lowest BCUT2D eigenvalue weighted by molar-refractivity contribution is -0.116. The normalized spacial score (nSPS) is 19.2. The van der Waals surface area contributed by atoms with Crippen molar-refractivity contribution in [2.75, 3.05) is 24.6 Å². The molecule has 0 unspecified atom stereocenters. The number of rotatable bonds is 9. The topological polar surface area (TPSA) is 147 Å². The monoisotopic (exact) mass is 472 g/mol. The third-order valence-electron chi connectivity index (χ3n) is 4.85. The van der Waals surface area contributed by atoms with Crippen molar-refractivity contribution in [2.45, 2.75) is 40.0 Å². The third-order valence-corrected chi connectivity index (χ3v) is 7.33. The average molecular weight is 473 g/mol. The maximum atomic E-state index is 13.0. The second-order valence-corrected chi connectivity index (χ2v) is 11.4. The fourth-order valence-corrected chi connectivity index (χ4v) is 5.05. The van der Waals surface area contributed by atoms with Gasteiger partial charge in [-0.25, -0.2) is 8.42 Å². The van der Waals surface area contributed by atoms with Crippen molar-refractivity contribution in [2.24, 2.45) is 0 Å². The predicted octanol–water partition coefficient (Wildman–Crippen LogP) is 1.18. The molecule has 1 aliphatic heterocycles. The molecule has 0 spiro atoms. The lowest BCUT2D eigenvalue weighted by Gasteiger charge is -2.27. The summed E-state index contributed by atoms with van der Waals surface area (Å²) in [5.74, 6) is -2.50. The standard InChI is InChI=1S/C20H28N2O7S2/c1-13(2)5-4-6-14(3)7-8-15-16(21-10-12-31(27,28)29)19(24)20-17(18(15)23)22-9-11-30(20,25)26/h5,7,21-22H,4,6,8-12H2,1-3H3,(H,27,28,29)/b14-7+. The second kappa shape index (κ2) is 9.92. The molecule has 31 heavy (non-hydrogen) atoms. The molecule has 1 heterocycles. The zero-order valence-corrected chi connectivity index (χ0v) is 19.5. The molecular weight excluding hydrogens is 444 g/mol. The highest BCUT2D eigenvalue weighted by atomic mass is 32.2. The van der Waals surface area contributed by atoms with Crippen LogP contribution in [0.5, 0.6) is 0 Å². The first kappa shape index (κ1) is 25.0. The summed E-state index contributed by atoms with van der Waals surface area (Å²) in [6, 6.07) is 0. The maximum absolute atomic E-state index is 13.0. The first-order valence-corrected chi connectivity index (χ1v) is 13.1. The van der Waals surface area contributed by atoms with E-state index in [0.29, 0.717) is 0 Å². The van der Waals surface area contributed by atoms with Crippen LogP contribution in [0.15, 0.2) is 45.2 Å². The quantitative estimate of drug-likeness (QED) is 0.256. The number of Topliss-reactive ketones (excluding diaryl/α,β-unsaturated/α-hetero) is 2. The first-order valence-electron chi connectivity index (χ1n) is 9.85. The van der Waals surface area contributed by atoms with Gasteiger partial charge in [-0.2, -0.15) is 8.42 Å². The molecule has 0 aromatic carbocycles. The van der Waals surface area contributed by atoms with Gasteiger partial charge in [-0.3, -0.25) is 14.1 Å². The van der Waals surface area contributed by atoms with Crippen LogP contribution in [0.2, 0.25) is 0 Å². The van der Waals surface area contributed by atoms with Crippen LogP contribution in [0.25, 0.3) is 0 Å². The number of sulfone groups is 1. The molecule has 172 valence electrons. The van der Waals surface area contributed by atoms with Crippen LogP contribution in [-0.4, -0.2) is 57.6 Å². The number of carbonyl (C=O) groups excluding carboxylic acids is 2. The van der Waals surface area contributed by atoms with Crippen LogP contribution in [0, 0.1) is 0 Å². The maximum Gasteiger partial charge on any atom is 0.266 e. The highest BCUT2D eigenvalue weighted by molar-refractivity contribution is 7.96. The molecule has 0 aromatic rings. The fraction of sp³-hybridized carbons (Fsp3) is 0.500. The van der Waals surface area contributed by atoms with Crippen LogP contribution < -0.4 is 10.6 Å². The molecule has 0 saturated heterocycles. The van der Waals surface area contributed by atoms with Crippen molar-refractivity contribution in [1.29, 1.82) is 0 Å². The van der Waals surface area contributed by atoms with Crippen molar-refractivity contribution in [3.05, 3.63) is 45.2 Å². The Morgan fingerprint density at radius 3 is 2.45 bits per heavy atom. The Labute approximate surface area is 183 Å². The number of ketones is 2. The highest BCUT2D eigenvalue weighted by Gasteiger charge is 2.42. The number of nitrogens with one attached hydrogen (secondary N) is 2. The predicted molar refractivity (Wildman–Crippen MR) is 117 cm³/mol. The van der Waals surface area contributed by atoms with E-state index in [9.17, 15) is 26.4 Å². The zero-order valence-electron chi connectivity index (χ0n) is 17.8. The van der Waals surface area contributed by atoms with Gasteiger partial charge < -0.3 is 10.6 Å². The van der Waals surface area contributed by atoms with Crippen LogP contribution in [0.3, 0.4) is 0 Å². The Kier molecular flexibility index (Phi) is 8.01. The van der Waals surface area contributed by atoms with Crippen LogP contribution in [0.4, 0.5) is 0 Å². The molecule has 0 amide bonds. The molecule has 0 fully saturated rings. The van der Waals surface area contributed by atoms with Gasteiger partial charge in [0.05, 0.1) is 17.2 Å². The summed E-state index contributed by atoms with van der Waals surface area (Å²) in [5, 5.41) is 5.29. The molecule has 2 rings (SSSR count). The average Bonchev–Trinajstić information content (AvgIpc) is 2.63. The van der Waals surface area contributed by atoms with Crippen molar-refractivity contribution in [3.8, 4) is 0 Å². The van der Waals surface area contributed by atoms with Gasteiger partial charge in [-0.15, -0.1) is 0 Å². The molecule has 0 bridgehead atoms. The van der Waals surface area contributed by atoms with Gasteiger partial charge >= 0.3 is 0 Å². The van der Waals surface area contributed by atoms with E-state index in [1.54, 1.807) is 6.08 Å². The molecule has 0 saturated carbocycles. The summed E-state index contributed by atoms with van der Waals surface area (Å²) in [6.45, 7) is 5.56. The molecule has 0 aromatic heterocycles. The Hall–Kier alpha value is -2.24. The summed E-state index contributed by atoms with van der Waals surface area (Å²) in [4.78, 5) is 25.4. The summed E-state index contributed by atoms with van der Waals surface area (Å²) in [6.07, 6.45) is 5.55. The molecule has 0 radical (unpaired) electrons. The van der Waals surface area contributed by atoms with Crippen LogP contribution in [-0.2, 0) is 29.5 Å². The molecule has 9 nitrogen and oxygen atoms in total. The van der Waals surface area contributed by atoms with E-state index in [1.165, 1.54) is 5.57 Å². The minimum absolute atomic E-state index is 0.0244. The van der Waals surface area contributed by atoms with Crippen molar-refractivity contribution in [1.82, 2.24) is 10.6 Å². The molecule has 1 aliphatic carbocycles. The molecule has 3 N–H and O–H groups in total. The van der Waals surface area contributed by atoms with Crippen LogP contribution >= 0.6 is 0 Å². The van der Waals surface area contributed by atoms with Crippen molar-refractivity contribution >= 4 is 31.5 Å². The number of hydrogen-bond acceptors (Lipinski definition) is 8.